The number of aliphatic hydroxyl groups is 1. The minimum Gasteiger partial charge on any atom is -0.494 e. The Morgan fingerprint density at radius 1 is 1.44 bits per heavy atom. The molecule has 0 aliphatic rings. The Balaban J connectivity index is 3.05. The Bertz CT molecular complexity index is 381. The summed E-state index contributed by atoms with van der Waals surface area (Å²) >= 11 is 0. The Morgan fingerprint density at radius 3 is 2.69 bits per heavy atom. The van der Waals surface area contributed by atoms with Crippen molar-refractivity contribution >= 4 is 5.69 Å². The standard InChI is InChI=1S/C10H12N2O4/c1-16-10-6-7(2-3-9(10)12-15)8(11-14)4-5-13/h2-3,6,8,13H,4-5H2,1H3. The maximum absolute atomic E-state index is 10.6. The fourth-order valence-electron chi connectivity index (χ4n) is 1.38. The number of nitroso groups, excluding NO2 is 2. The summed E-state index contributed by atoms with van der Waals surface area (Å²) in [5.74, 6) is 0.291. The van der Waals surface area contributed by atoms with Gasteiger partial charge in [0.2, 0.25) is 0 Å². The van der Waals surface area contributed by atoms with Gasteiger partial charge < -0.3 is 9.84 Å². The first-order valence-corrected chi connectivity index (χ1v) is 4.71. The summed E-state index contributed by atoms with van der Waals surface area (Å²) in [5.41, 5.74) is 0.758. The van der Waals surface area contributed by atoms with Crippen LogP contribution in [0, 0.1) is 9.81 Å². The highest BCUT2D eigenvalue weighted by molar-refractivity contribution is 5.53. The lowest BCUT2D eigenvalue weighted by Crippen LogP contribution is -1.98. The van der Waals surface area contributed by atoms with Crippen molar-refractivity contribution in [1.29, 1.82) is 0 Å². The number of ether oxygens (including phenoxy) is 1. The molecule has 0 spiro atoms. The van der Waals surface area contributed by atoms with E-state index in [1.54, 1.807) is 6.07 Å². The van der Waals surface area contributed by atoms with Gasteiger partial charge in [-0.15, -0.1) is 4.91 Å². The predicted molar refractivity (Wildman–Crippen MR) is 58.7 cm³/mol. The number of aliphatic hydroxyl groups excluding tert-OH is 1. The molecule has 0 aliphatic carbocycles. The van der Waals surface area contributed by atoms with E-state index in [1.165, 1.54) is 19.2 Å². The van der Waals surface area contributed by atoms with Gasteiger partial charge in [0.05, 0.1) is 7.11 Å². The van der Waals surface area contributed by atoms with Gasteiger partial charge in [0.25, 0.3) is 0 Å². The van der Waals surface area contributed by atoms with Crippen LogP contribution in [0.2, 0.25) is 0 Å². The molecule has 1 N–H and O–H groups in total. The van der Waals surface area contributed by atoms with Crippen LogP contribution in [0.1, 0.15) is 18.0 Å². The van der Waals surface area contributed by atoms with Crippen molar-refractivity contribution in [2.75, 3.05) is 13.7 Å². The molecular weight excluding hydrogens is 212 g/mol. The lowest BCUT2D eigenvalue weighted by molar-refractivity contribution is 0.276. The molecule has 16 heavy (non-hydrogen) atoms. The number of methoxy groups -OCH3 is 1. The largest absolute Gasteiger partial charge is 0.494 e. The Kier molecular flexibility index (Phi) is 4.53. The van der Waals surface area contributed by atoms with Gasteiger partial charge in [-0.25, -0.2) is 0 Å². The molecule has 0 fully saturated rings. The molecule has 0 saturated carbocycles. The summed E-state index contributed by atoms with van der Waals surface area (Å²) in [5, 5.41) is 14.4. The molecule has 6 heteroatoms. The lowest BCUT2D eigenvalue weighted by atomic mass is 10.0. The zero-order valence-corrected chi connectivity index (χ0v) is 8.79. The fourth-order valence-corrected chi connectivity index (χ4v) is 1.38. The fraction of sp³-hybridized carbons (Fsp3) is 0.400. The van der Waals surface area contributed by atoms with Crippen LogP contribution in [-0.4, -0.2) is 18.8 Å². The normalized spacial score (nSPS) is 11.9. The van der Waals surface area contributed by atoms with Gasteiger partial charge in [-0.05, 0) is 22.9 Å². The van der Waals surface area contributed by atoms with E-state index < -0.39 is 6.04 Å². The van der Waals surface area contributed by atoms with Crippen molar-refractivity contribution < 1.29 is 9.84 Å². The van der Waals surface area contributed by atoms with E-state index in [4.69, 9.17) is 9.84 Å². The quantitative estimate of drug-likeness (QED) is 0.750. The third-order valence-electron chi connectivity index (χ3n) is 2.22. The smallest absolute Gasteiger partial charge is 0.149 e. The molecule has 86 valence electrons. The van der Waals surface area contributed by atoms with Crippen molar-refractivity contribution in [3.63, 3.8) is 0 Å². The van der Waals surface area contributed by atoms with E-state index in [9.17, 15) is 9.81 Å². The minimum atomic E-state index is -0.639. The minimum absolute atomic E-state index is 0.133. The van der Waals surface area contributed by atoms with Gasteiger partial charge in [0, 0.05) is 13.0 Å². The van der Waals surface area contributed by atoms with Crippen LogP contribution in [0.15, 0.2) is 28.6 Å². The number of rotatable bonds is 6. The zero-order valence-electron chi connectivity index (χ0n) is 8.79. The van der Waals surface area contributed by atoms with Crippen LogP contribution < -0.4 is 4.74 Å². The predicted octanol–water partition coefficient (Wildman–Crippen LogP) is 2.28. The van der Waals surface area contributed by atoms with E-state index in [-0.39, 0.29) is 18.7 Å². The highest BCUT2D eigenvalue weighted by atomic mass is 16.5. The molecule has 0 bridgehead atoms. The summed E-state index contributed by atoms with van der Waals surface area (Å²) in [6, 6.07) is 3.91. The number of hydrogen-bond donors (Lipinski definition) is 1. The Labute approximate surface area is 92.2 Å². The van der Waals surface area contributed by atoms with Gasteiger partial charge in [-0.3, -0.25) is 0 Å². The second-order valence-corrected chi connectivity index (χ2v) is 3.16. The second-order valence-electron chi connectivity index (χ2n) is 3.16. The highest BCUT2D eigenvalue weighted by Gasteiger charge is 2.14. The summed E-state index contributed by atoms with van der Waals surface area (Å²) in [4.78, 5) is 21.0. The van der Waals surface area contributed by atoms with Crippen LogP contribution in [0.4, 0.5) is 5.69 Å². The number of hydrogen-bond acceptors (Lipinski definition) is 6. The third-order valence-corrected chi connectivity index (χ3v) is 2.22. The molecule has 0 heterocycles. The van der Waals surface area contributed by atoms with Crippen molar-refractivity contribution in [3.8, 4) is 5.75 Å². The molecule has 0 saturated heterocycles. The molecule has 1 unspecified atom stereocenters. The summed E-state index contributed by atoms with van der Waals surface area (Å²) in [6.07, 6.45) is 0.237. The van der Waals surface area contributed by atoms with E-state index in [2.05, 4.69) is 10.4 Å². The maximum atomic E-state index is 10.6. The van der Waals surface area contributed by atoms with Crippen molar-refractivity contribution in [3.05, 3.63) is 33.6 Å². The van der Waals surface area contributed by atoms with Crippen LogP contribution in [0.5, 0.6) is 5.75 Å². The number of nitrogens with zero attached hydrogens (tertiary/aromatic N) is 2. The van der Waals surface area contributed by atoms with Crippen LogP contribution >= 0.6 is 0 Å². The van der Waals surface area contributed by atoms with E-state index in [1.807, 2.05) is 0 Å². The van der Waals surface area contributed by atoms with Gasteiger partial charge >= 0.3 is 0 Å². The van der Waals surface area contributed by atoms with E-state index in [0.29, 0.717) is 11.3 Å². The summed E-state index contributed by atoms with van der Waals surface area (Å²) < 4.78 is 4.95. The van der Waals surface area contributed by atoms with Crippen molar-refractivity contribution in [2.24, 2.45) is 10.4 Å². The molecule has 0 aliphatic heterocycles. The zero-order chi connectivity index (χ0) is 12.0. The second kappa shape index (κ2) is 5.92. The first-order valence-electron chi connectivity index (χ1n) is 4.71. The molecule has 0 amide bonds. The molecule has 1 aromatic rings. The Morgan fingerprint density at radius 2 is 2.19 bits per heavy atom. The highest BCUT2D eigenvalue weighted by Crippen LogP contribution is 2.32. The van der Waals surface area contributed by atoms with Gasteiger partial charge in [-0.1, -0.05) is 11.2 Å². The molecule has 1 atom stereocenters. The molecule has 0 aromatic heterocycles. The Hall–Kier alpha value is -1.82. The number of benzene rings is 1. The third kappa shape index (κ3) is 2.60. The van der Waals surface area contributed by atoms with Crippen molar-refractivity contribution in [2.45, 2.75) is 12.5 Å². The van der Waals surface area contributed by atoms with Gasteiger partial charge in [-0.2, -0.15) is 4.91 Å². The first kappa shape index (κ1) is 12.3. The van der Waals surface area contributed by atoms with E-state index >= 15 is 0 Å². The topological polar surface area (TPSA) is 88.3 Å². The van der Waals surface area contributed by atoms with E-state index in [0.717, 1.165) is 0 Å². The molecule has 6 nitrogen and oxygen atoms in total. The monoisotopic (exact) mass is 224 g/mol. The summed E-state index contributed by atoms with van der Waals surface area (Å²) in [6.45, 7) is -0.133. The first-order chi connectivity index (χ1) is 7.76. The average molecular weight is 224 g/mol. The average Bonchev–Trinajstić information content (AvgIpc) is 2.35. The van der Waals surface area contributed by atoms with Crippen LogP contribution in [0.25, 0.3) is 0 Å². The van der Waals surface area contributed by atoms with Crippen LogP contribution in [-0.2, 0) is 0 Å². The molecule has 1 rings (SSSR count). The van der Waals surface area contributed by atoms with Crippen molar-refractivity contribution in [1.82, 2.24) is 0 Å². The lowest BCUT2D eigenvalue weighted by Gasteiger charge is -2.10. The molecular formula is C10H12N2O4. The molecule has 1 aromatic carbocycles. The molecule has 0 radical (unpaired) electrons. The van der Waals surface area contributed by atoms with Gasteiger partial charge in [0.15, 0.2) is 0 Å². The van der Waals surface area contributed by atoms with Crippen LogP contribution in [0.3, 0.4) is 0 Å². The SMILES string of the molecule is COc1cc(C(CCO)N=O)ccc1N=O. The summed E-state index contributed by atoms with van der Waals surface area (Å²) in [7, 11) is 1.41. The maximum Gasteiger partial charge on any atom is 0.149 e. The van der Waals surface area contributed by atoms with Gasteiger partial charge in [0.1, 0.15) is 17.5 Å².